The van der Waals surface area contributed by atoms with Crippen molar-refractivity contribution in [2.24, 2.45) is 0 Å². The minimum absolute atomic E-state index is 0.686. The topological polar surface area (TPSA) is 34.1 Å². The van der Waals surface area contributed by atoms with Crippen molar-refractivity contribution in [3.8, 4) is 11.1 Å². The van der Waals surface area contributed by atoms with E-state index in [1.54, 1.807) is 18.4 Å². The summed E-state index contributed by atoms with van der Waals surface area (Å²) >= 11 is 1.68. The van der Waals surface area contributed by atoms with Crippen molar-refractivity contribution in [1.29, 1.82) is 0 Å². The van der Waals surface area contributed by atoms with Gasteiger partial charge in [0.1, 0.15) is 0 Å². The molecule has 0 atom stereocenters. The van der Waals surface area contributed by atoms with Gasteiger partial charge in [-0.25, -0.2) is 4.98 Å². The summed E-state index contributed by atoms with van der Waals surface area (Å²) in [5.41, 5.74) is 3.50. The van der Waals surface area contributed by atoms with Gasteiger partial charge < -0.3 is 10.1 Å². The van der Waals surface area contributed by atoms with Crippen molar-refractivity contribution in [1.82, 2.24) is 4.98 Å². The molecular formula is C16H16N2OS. The van der Waals surface area contributed by atoms with Crippen molar-refractivity contribution in [3.63, 3.8) is 0 Å². The lowest BCUT2D eigenvalue weighted by Gasteiger charge is -2.00. The number of hydrogen-bond acceptors (Lipinski definition) is 4. The molecule has 0 spiro atoms. The lowest BCUT2D eigenvalue weighted by Crippen LogP contribution is -2.06. The first-order valence-corrected chi connectivity index (χ1v) is 7.37. The molecule has 3 aromatic rings. The summed E-state index contributed by atoms with van der Waals surface area (Å²) in [7, 11) is 1.70. The van der Waals surface area contributed by atoms with E-state index in [1.165, 1.54) is 15.8 Å². The van der Waals surface area contributed by atoms with Gasteiger partial charge in [0.15, 0.2) is 5.13 Å². The molecule has 0 aliphatic carbocycles. The summed E-state index contributed by atoms with van der Waals surface area (Å²) in [5.74, 6) is 0. The molecule has 102 valence electrons. The Morgan fingerprint density at radius 2 is 1.95 bits per heavy atom. The summed E-state index contributed by atoms with van der Waals surface area (Å²) in [6.07, 6.45) is 0. The number of rotatable bonds is 5. The fourth-order valence-corrected chi connectivity index (χ4v) is 3.00. The molecule has 1 heterocycles. The molecule has 0 bridgehead atoms. The molecule has 1 N–H and O–H groups in total. The van der Waals surface area contributed by atoms with E-state index in [9.17, 15) is 0 Å². The molecule has 0 radical (unpaired) electrons. The van der Waals surface area contributed by atoms with Gasteiger partial charge in [0.05, 0.1) is 16.8 Å². The van der Waals surface area contributed by atoms with Crippen LogP contribution >= 0.6 is 11.3 Å². The molecular weight excluding hydrogens is 268 g/mol. The van der Waals surface area contributed by atoms with Crippen LogP contribution in [0.3, 0.4) is 0 Å². The van der Waals surface area contributed by atoms with Crippen LogP contribution < -0.4 is 5.32 Å². The Morgan fingerprint density at radius 1 is 1.10 bits per heavy atom. The Labute approximate surface area is 122 Å². The van der Waals surface area contributed by atoms with Crippen LogP contribution in [0.1, 0.15) is 0 Å². The van der Waals surface area contributed by atoms with Crippen molar-refractivity contribution in [2.75, 3.05) is 25.6 Å². The van der Waals surface area contributed by atoms with Crippen molar-refractivity contribution in [3.05, 3.63) is 48.5 Å². The number of hydrogen-bond donors (Lipinski definition) is 1. The number of ether oxygens (including phenoxy) is 1. The van der Waals surface area contributed by atoms with E-state index < -0.39 is 0 Å². The number of fused-ring (bicyclic) bond motifs is 1. The average molecular weight is 284 g/mol. The number of thiazole rings is 1. The Balaban J connectivity index is 1.88. The zero-order valence-electron chi connectivity index (χ0n) is 11.3. The van der Waals surface area contributed by atoms with Gasteiger partial charge in [-0.05, 0) is 23.3 Å². The molecule has 3 nitrogen and oxygen atoms in total. The molecule has 0 aliphatic rings. The predicted molar refractivity (Wildman–Crippen MR) is 85.4 cm³/mol. The molecule has 0 unspecified atom stereocenters. The molecule has 1 aromatic heterocycles. The Hall–Kier alpha value is -1.91. The van der Waals surface area contributed by atoms with Crippen molar-refractivity contribution in [2.45, 2.75) is 0 Å². The van der Waals surface area contributed by atoms with Gasteiger partial charge in [-0.1, -0.05) is 47.7 Å². The van der Waals surface area contributed by atoms with Gasteiger partial charge >= 0.3 is 0 Å². The van der Waals surface area contributed by atoms with Crippen LogP contribution in [0.15, 0.2) is 48.5 Å². The molecule has 0 saturated heterocycles. The highest BCUT2D eigenvalue weighted by atomic mass is 32.1. The standard InChI is InChI=1S/C16H16N2OS/c1-19-10-9-17-16-18-14-8-7-13(11-15(14)20-16)12-5-3-2-4-6-12/h2-8,11H,9-10H2,1H3,(H,17,18). The van der Waals surface area contributed by atoms with E-state index in [2.05, 4.69) is 52.8 Å². The van der Waals surface area contributed by atoms with Crippen molar-refractivity contribution < 1.29 is 4.74 Å². The van der Waals surface area contributed by atoms with Gasteiger partial charge in [-0.3, -0.25) is 0 Å². The molecule has 3 rings (SSSR count). The van der Waals surface area contributed by atoms with Gasteiger partial charge in [0.2, 0.25) is 0 Å². The second-order valence-electron chi connectivity index (χ2n) is 4.49. The number of methoxy groups -OCH3 is 1. The van der Waals surface area contributed by atoms with Gasteiger partial charge in [-0.2, -0.15) is 0 Å². The first kappa shape index (κ1) is 13.1. The van der Waals surface area contributed by atoms with Crippen LogP contribution in [-0.4, -0.2) is 25.2 Å². The number of nitrogens with one attached hydrogen (secondary N) is 1. The SMILES string of the molecule is COCCNc1nc2ccc(-c3ccccc3)cc2s1. The summed E-state index contributed by atoms with van der Waals surface area (Å²) < 4.78 is 6.23. The third-order valence-electron chi connectivity index (χ3n) is 3.08. The summed E-state index contributed by atoms with van der Waals surface area (Å²) in [6.45, 7) is 1.47. The maximum Gasteiger partial charge on any atom is 0.183 e. The Kier molecular flexibility index (Phi) is 3.95. The van der Waals surface area contributed by atoms with E-state index in [0.29, 0.717) is 6.61 Å². The maximum atomic E-state index is 5.03. The van der Waals surface area contributed by atoms with E-state index in [-0.39, 0.29) is 0 Å². The second kappa shape index (κ2) is 6.03. The maximum absolute atomic E-state index is 5.03. The van der Waals surface area contributed by atoms with Gasteiger partial charge in [0.25, 0.3) is 0 Å². The molecule has 4 heteroatoms. The van der Waals surface area contributed by atoms with Crippen LogP contribution in [0, 0.1) is 0 Å². The molecule has 0 saturated carbocycles. The lowest BCUT2D eigenvalue weighted by atomic mass is 10.1. The summed E-state index contributed by atoms with van der Waals surface area (Å²) in [4.78, 5) is 4.57. The number of benzene rings is 2. The molecule has 0 fully saturated rings. The highest BCUT2D eigenvalue weighted by Gasteiger charge is 2.05. The molecule has 0 amide bonds. The average Bonchev–Trinajstić information content (AvgIpc) is 2.90. The van der Waals surface area contributed by atoms with Crippen LogP contribution in [0.2, 0.25) is 0 Å². The largest absolute Gasteiger partial charge is 0.383 e. The highest BCUT2D eigenvalue weighted by molar-refractivity contribution is 7.22. The zero-order valence-corrected chi connectivity index (χ0v) is 12.1. The number of nitrogens with zero attached hydrogens (tertiary/aromatic N) is 1. The quantitative estimate of drug-likeness (QED) is 0.718. The first-order chi connectivity index (χ1) is 9.86. The summed E-state index contributed by atoms with van der Waals surface area (Å²) in [6, 6.07) is 16.8. The Bertz CT molecular complexity index is 694. The zero-order chi connectivity index (χ0) is 13.8. The minimum Gasteiger partial charge on any atom is -0.383 e. The third-order valence-corrected chi connectivity index (χ3v) is 4.05. The van der Waals surface area contributed by atoms with Crippen LogP contribution in [-0.2, 0) is 4.74 Å². The third kappa shape index (κ3) is 2.81. The van der Waals surface area contributed by atoms with E-state index in [4.69, 9.17) is 4.74 Å². The van der Waals surface area contributed by atoms with Crippen LogP contribution in [0.5, 0.6) is 0 Å². The second-order valence-corrected chi connectivity index (χ2v) is 5.52. The van der Waals surface area contributed by atoms with Gasteiger partial charge in [-0.15, -0.1) is 0 Å². The number of aromatic nitrogens is 1. The highest BCUT2D eigenvalue weighted by Crippen LogP contribution is 2.30. The predicted octanol–water partition coefficient (Wildman–Crippen LogP) is 4.02. The van der Waals surface area contributed by atoms with Crippen LogP contribution in [0.25, 0.3) is 21.3 Å². The molecule has 20 heavy (non-hydrogen) atoms. The lowest BCUT2D eigenvalue weighted by molar-refractivity contribution is 0.211. The van der Waals surface area contributed by atoms with E-state index in [0.717, 1.165) is 17.2 Å². The number of anilines is 1. The molecule has 2 aromatic carbocycles. The monoisotopic (exact) mass is 284 g/mol. The first-order valence-electron chi connectivity index (χ1n) is 6.55. The fraction of sp³-hybridized carbons (Fsp3) is 0.188. The summed E-state index contributed by atoms with van der Waals surface area (Å²) in [5, 5.41) is 4.22. The smallest absolute Gasteiger partial charge is 0.183 e. The van der Waals surface area contributed by atoms with E-state index in [1.807, 2.05) is 6.07 Å². The van der Waals surface area contributed by atoms with Gasteiger partial charge in [0, 0.05) is 13.7 Å². The Morgan fingerprint density at radius 3 is 2.75 bits per heavy atom. The fourth-order valence-electron chi connectivity index (χ4n) is 2.07. The van der Waals surface area contributed by atoms with Crippen molar-refractivity contribution >= 4 is 26.7 Å². The minimum atomic E-state index is 0.686. The van der Waals surface area contributed by atoms with Crippen LogP contribution in [0.4, 0.5) is 5.13 Å². The van der Waals surface area contributed by atoms with E-state index >= 15 is 0 Å². The molecule has 0 aliphatic heterocycles. The normalized spacial score (nSPS) is 10.8.